The van der Waals surface area contributed by atoms with Gasteiger partial charge in [0.1, 0.15) is 4.90 Å². The average molecular weight is 366 g/mol. The number of aromatic carboxylic acids is 1. The number of aryl methyl sites for hydroxylation is 1. The minimum atomic E-state index is -3.77. The molecule has 7 heteroatoms. The molecule has 0 bridgehead atoms. The third kappa shape index (κ3) is 2.81. The molecule has 5 nitrogen and oxygen atoms in total. The molecule has 1 atom stereocenters. The maximum absolute atomic E-state index is 12.9. The minimum Gasteiger partial charge on any atom is -0.478 e. The number of halogens is 1. The summed E-state index contributed by atoms with van der Waals surface area (Å²) in [5, 5.41) is 9.33. The second kappa shape index (κ2) is 6.20. The highest BCUT2D eigenvalue weighted by Crippen LogP contribution is 2.39. The van der Waals surface area contributed by atoms with Crippen molar-refractivity contribution in [2.45, 2.75) is 23.8 Å². The number of nitrogens with zero attached hydrogens (tertiary/aromatic N) is 1. The minimum absolute atomic E-state index is 0.0528. The van der Waals surface area contributed by atoms with Crippen LogP contribution in [0.1, 0.15) is 33.9 Å². The topological polar surface area (TPSA) is 74.7 Å². The number of benzene rings is 2. The van der Waals surface area contributed by atoms with Gasteiger partial charge in [0.2, 0.25) is 10.0 Å². The van der Waals surface area contributed by atoms with Crippen LogP contribution in [0.2, 0.25) is 5.02 Å². The van der Waals surface area contributed by atoms with Crippen molar-refractivity contribution in [1.29, 1.82) is 0 Å². The first-order valence-corrected chi connectivity index (χ1v) is 9.23. The zero-order chi connectivity index (χ0) is 17.5. The Kier molecular flexibility index (Phi) is 4.38. The molecule has 0 aromatic heterocycles. The fourth-order valence-corrected chi connectivity index (χ4v) is 4.93. The van der Waals surface area contributed by atoms with Crippen molar-refractivity contribution in [2.75, 3.05) is 7.05 Å². The Morgan fingerprint density at radius 2 is 1.96 bits per heavy atom. The number of carbonyl (C=O) groups is 1. The summed E-state index contributed by atoms with van der Waals surface area (Å²) >= 11 is 6.04. The molecule has 0 fully saturated rings. The van der Waals surface area contributed by atoms with Crippen LogP contribution in [0.4, 0.5) is 0 Å². The molecule has 2 aromatic carbocycles. The van der Waals surface area contributed by atoms with E-state index in [4.69, 9.17) is 16.7 Å². The van der Waals surface area contributed by atoms with Crippen molar-refractivity contribution < 1.29 is 18.3 Å². The van der Waals surface area contributed by atoms with Gasteiger partial charge in [-0.05, 0) is 48.2 Å². The number of carboxylic acid groups (broad SMARTS) is 1. The molecule has 0 spiro atoms. The van der Waals surface area contributed by atoms with Crippen LogP contribution in [0.3, 0.4) is 0 Å². The van der Waals surface area contributed by atoms with E-state index in [1.165, 1.54) is 23.5 Å². The van der Waals surface area contributed by atoms with Gasteiger partial charge >= 0.3 is 5.97 Å². The zero-order valence-electron chi connectivity index (χ0n) is 12.9. The summed E-state index contributed by atoms with van der Waals surface area (Å²) in [7, 11) is -2.27. The lowest BCUT2D eigenvalue weighted by Crippen LogP contribution is -2.30. The van der Waals surface area contributed by atoms with Gasteiger partial charge in [-0.2, -0.15) is 4.31 Å². The summed E-state index contributed by atoms with van der Waals surface area (Å²) in [6.07, 6.45) is 1.32. The molecule has 1 aliphatic carbocycles. The van der Waals surface area contributed by atoms with Gasteiger partial charge in [-0.25, -0.2) is 13.2 Å². The Hall–Kier alpha value is -1.89. The molecule has 126 valence electrons. The Morgan fingerprint density at radius 1 is 1.25 bits per heavy atom. The predicted octanol–water partition coefficient (Wildman–Crippen LogP) is 3.35. The van der Waals surface area contributed by atoms with E-state index in [1.54, 1.807) is 30.3 Å². The summed E-state index contributed by atoms with van der Waals surface area (Å²) in [4.78, 5) is 11.2. The molecule has 0 aliphatic heterocycles. The van der Waals surface area contributed by atoms with E-state index >= 15 is 0 Å². The van der Waals surface area contributed by atoms with Gasteiger partial charge in [0.15, 0.2) is 0 Å². The fourth-order valence-electron chi connectivity index (χ4n) is 3.07. The Morgan fingerprint density at radius 3 is 2.62 bits per heavy atom. The van der Waals surface area contributed by atoms with Crippen LogP contribution in [-0.4, -0.2) is 30.8 Å². The third-order valence-electron chi connectivity index (χ3n) is 4.37. The van der Waals surface area contributed by atoms with Gasteiger partial charge in [0.05, 0.1) is 16.6 Å². The van der Waals surface area contributed by atoms with Gasteiger partial charge in [-0.1, -0.05) is 29.8 Å². The van der Waals surface area contributed by atoms with E-state index in [1.807, 2.05) is 0 Å². The molecular weight excluding hydrogens is 350 g/mol. The van der Waals surface area contributed by atoms with Crippen LogP contribution in [-0.2, 0) is 16.4 Å². The fraction of sp³-hybridized carbons (Fsp3) is 0.235. The Labute approximate surface area is 145 Å². The molecule has 2 aromatic rings. The van der Waals surface area contributed by atoms with Crippen molar-refractivity contribution in [3.05, 3.63) is 64.2 Å². The molecule has 1 aliphatic rings. The van der Waals surface area contributed by atoms with Gasteiger partial charge < -0.3 is 5.11 Å². The lowest BCUT2D eigenvalue weighted by atomic mass is 10.0. The van der Waals surface area contributed by atoms with Gasteiger partial charge in [0, 0.05) is 7.05 Å². The highest BCUT2D eigenvalue weighted by Gasteiger charge is 2.34. The Bertz CT molecular complexity index is 911. The molecule has 0 radical (unpaired) electrons. The van der Waals surface area contributed by atoms with Crippen molar-refractivity contribution >= 4 is 27.6 Å². The molecule has 24 heavy (non-hydrogen) atoms. The van der Waals surface area contributed by atoms with Gasteiger partial charge in [-0.3, -0.25) is 0 Å². The lowest BCUT2D eigenvalue weighted by molar-refractivity contribution is 0.0696. The van der Waals surface area contributed by atoms with Crippen molar-refractivity contribution in [3.63, 3.8) is 0 Å². The predicted molar refractivity (Wildman–Crippen MR) is 90.9 cm³/mol. The smallest absolute Gasteiger partial charge is 0.335 e. The summed E-state index contributed by atoms with van der Waals surface area (Å²) in [5.74, 6) is -1.03. The van der Waals surface area contributed by atoms with E-state index in [-0.39, 0.29) is 15.5 Å². The maximum Gasteiger partial charge on any atom is 0.335 e. The highest BCUT2D eigenvalue weighted by molar-refractivity contribution is 7.89. The molecule has 1 unspecified atom stereocenters. The van der Waals surface area contributed by atoms with Crippen LogP contribution in [0, 0.1) is 0 Å². The van der Waals surface area contributed by atoms with Crippen molar-refractivity contribution in [2.24, 2.45) is 0 Å². The largest absolute Gasteiger partial charge is 0.478 e. The maximum atomic E-state index is 12.9. The normalized spacial score (nSPS) is 17.0. The number of hydrogen-bond acceptors (Lipinski definition) is 3. The molecule has 3 rings (SSSR count). The number of sulfonamides is 1. The summed E-state index contributed by atoms with van der Waals surface area (Å²) in [6.45, 7) is 0. The van der Waals surface area contributed by atoms with Crippen molar-refractivity contribution in [3.8, 4) is 0 Å². The second-order valence-electron chi connectivity index (χ2n) is 5.72. The van der Waals surface area contributed by atoms with Crippen LogP contribution < -0.4 is 0 Å². The summed E-state index contributed by atoms with van der Waals surface area (Å²) in [6, 6.07) is 10.8. The van der Waals surface area contributed by atoms with E-state index in [0.29, 0.717) is 12.8 Å². The third-order valence-corrected chi connectivity index (χ3v) is 6.74. The van der Waals surface area contributed by atoms with Crippen LogP contribution in [0.5, 0.6) is 0 Å². The lowest BCUT2D eigenvalue weighted by Gasteiger charge is -2.25. The number of carboxylic acids is 1. The first kappa shape index (κ1) is 17.0. The zero-order valence-corrected chi connectivity index (χ0v) is 14.5. The van der Waals surface area contributed by atoms with E-state index in [9.17, 15) is 13.2 Å². The molecule has 0 amide bonds. The number of fused-ring (bicyclic) bond motifs is 1. The standard InChI is InChI=1S/C17H16ClNO4S/c1-19(24(22,23)16-5-3-2-4-14(16)18)15-9-8-11-6-7-12(17(20)21)10-13(11)15/h2-7,10,15H,8-9H2,1H3,(H,20,21). The van der Waals surface area contributed by atoms with E-state index in [0.717, 1.165) is 11.1 Å². The summed E-state index contributed by atoms with van der Waals surface area (Å²) in [5.41, 5.74) is 1.88. The molecule has 1 N–H and O–H groups in total. The highest BCUT2D eigenvalue weighted by atomic mass is 35.5. The Balaban J connectivity index is 2.01. The van der Waals surface area contributed by atoms with Gasteiger partial charge in [0.25, 0.3) is 0 Å². The SMILES string of the molecule is CN(C1CCc2ccc(C(=O)O)cc21)S(=O)(=O)c1ccccc1Cl. The first-order valence-electron chi connectivity index (χ1n) is 7.41. The van der Waals surface area contributed by atoms with Crippen LogP contribution >= 0.6 is 11.6 Å². The molecular formula is C17H16ClNO4S. The molecule has 0 saturated heterocycles. The van der Waals surface area contributed by atoms with E-state index < -0.39 is 22.0 Å². The van der Waals surface area contributed by atoms with Crippen LogP contribution in [0.25, 0.3) is 0 Å². The monoisotopic (exact) mass is 365 g/mol. The number of hydrogen-bond donors (Lipinski definition) is 1. The molecule has 0 saturated carbocycles. The van der Waals surface area contributed by atoms with Crippen molar-refractivity contribution in [1.82, 2.24) is 4.31 Å². The number of rotatable bonds is 4. The summed E-state index contributed by atoms with van der Waals surface area (Å²) < 4.78 is 27.1. The second-order valence-corrected chi connectivity index (χ2v) is 8.10. The van der Waals surface area contributed by atoms with E-state index in [2.05, 4.69) is 0 Å². The molecule has 0 heterocycles. The van der Waals surface area contributed by atoms with Gasteiger partial charge in [-0.15, -0.1) is 0 Å². The quantitative estimate of drug-likeness (QED) is 0.901. The first-order chi connectivity index (χ1) is 11.3. The van der Waals surface area contributed by atoms with Crippen LogP contribution in [0.15, 0.2) is 47.4 Å². The average Bonchev–Trinajstić information content (AvgIpc) is 2.97.